The van der Waals surface area contributed by atoms with Gasteiger partial charge in [0.25, 0.3) is 5.69 Å². The standard InChI is InChI=1S/C17H15NO6/c1-23-16-8-4-12(10-17(16)24-2)14(19)6-3-11-9-13(18(21)22)5-7-15(11)20/h3-10,20H,1-2H3/b6-3+. The highest BCUT2D eigenvalue weighted by molar-refractivity contribution is 6.07. The van der Waals surface area contributed by atoms with Crippen LogP contribution in [0.3, 0.4) is 0 Å². The number of phenolic OH excluding ortho intramolecular Hbond substituents is 1. The van der Waals surface area contributed by atoms with Crippen LogP contribution in [0.2, 0.25) is 0 Å². The first kappa shape index (κ1) is 17.0. The maximum atomic E-state index is 12.2. The van der Waals surface area contributed by atoms with E-state index in [2.05, 4.69) is 0 Å². The van der Waals surface area contributed by atoms with Crippen LogP contribution in [0.1, 0.15) is 15.9 Å². The lowest BCUT2D eigenvalue weighted by atomic mass is 10.1. The van der Waals surface area contributed by atoms with Gasteiger partial charge >= 0.3 is 0 Å². The number of aromatic hydroxyl groups is 1. The molecule has 0 fully saturated rings. The lowest BCUT2D eigenvalue weighted by molar-refractivity contribution is -0.384. The van der Waals surface area contributed by atoms with Crippen molar-refractivity contribution in [2.75, 3.05) is 14.2 Å². The van der Waals surface area contributed by atoms with E-state index in [0.29, 0.717) is 17.1 Å². The molecular weight excluding hydrogens is 314 g/mol. The van der Waals surface area contributed by atoms with Crippen LogP contribution >= 0.6 is 0 Å². The van der Waals surface area contributed by atoms with Gasteiger partial charge in [-0.25, -0.2) is 0 Å². The van der Waals surface area contributed by atoms with Crippen LogP contribution < -0.4 is 9.47 Å². The molecule has 0 aliphatic rings. The lowest BCUT2D eigenvalue weighted by Gasteiger charge is -2.08. The second-order valence-electron chi connectivity index (χ2n) is 4.77. The number of methoxy groups -OCH3 is 2. The van der Waals surface area contributed by atoms with Gasteiger partial charge in [-0.05, 0) is 36.4 Å². The fourth-order valence-electron chi connectivity index (χ4n) is 2.04. The monoisotopic (exact) mass is 329 g/mol. The minimum absolute atomic E-state index is 0.156. The van der Waals surface area contributed by atoms with E-state index >= 15 is 0 Å². The van der Waals surface area contributed by atoms with E-state index in [0.717, 1.165) is 0 Å². The van der Waals surface area contributed by atoms with E-state index in [4.69, 9.17) is 9.47 Å². The van der Waals surface area contributed by atoms with Crippen LogP contribution in [0, 0.1) is 10.1 Å². The molecule has 0 aliphatic heterocycles. The van der Waals surface area contributed by atoms with Gasteiger partial charge in [0.15, 0.2) is 17.3 Å². The first-order valence-electron chi connectivity index (χ1n) is 6.88. The Hall–Kier alpha value is -3.35. The van der Waals surface area contributed by atoms with Crippen molar-refractivity contribution in [1.29, 1.82) is 0 Å². The molecule has 2 aromatic carbocycles. The first-order valence-corrected chi connectivity index (χ1v) is 6.88. The molecule has 2 rings (SSSR count). The summed E-state index contributed by atoms with van der Waals surface area (Å²) >= 11 is 0. The van der Waals surface area contributed by atoms with Crippen molar-refractivity contribution in [2.24, 2.45) is 0 Å². The molecule has 0 aliphatic carbocycles. The topological polar surface area (TPSA) is 98.9 Å². The SMILES string of the molecule is COc1ccc(C(=O)/C=C/c2cc([N+](=O)[O-])ccc2O)cc1OC. The average Bonchev–Trinajstić information content (AvgIpc) is 2.59. The highest BCUT2D eigenvalue weighted by Gasteiger charge is 2.11. The molecule has 0 unspecified atom stereocenters. The van der Waals surface area contributed by atoms with Crippen molar-refractivity contribution in [3.63, 3.8) is 0 Å². The van der Waals surface area contributed by atoms with E-state index in [1.165, 1.54) is 50.6 Å². The molecule has 24 heavy (non-hydrogen) atoms. The summed E-state index contributed by atoms with van der Waals surface area (Å²) in [5.74, 6) is 0.406. The van der Waals surface area contributed by atoms with Crippen molar-refractivity contribution >= 4 is 17.5 Å². The molecule has 0 atom stereocenters. The summed E-state index contributed by atoms with van der Waals surface area (Å²) in [7, 11) is 2.95. The number of hydrogen-bond acceptors (Lipinski definition) is 6. The van der Waals surface area contributed by atoms with Gasteiger partial charge in [0.05, 0.1) is 19.1 Å². The van der Waals surface area contributed by atoms with Gasteiger partial charge in [-0.15, -0.1) is 0 Å². The molecule has 0 amide bonds. The number of nitro groups is 1. The van der Waals surface area contributed by atoms with E-state index in [9.17, 15) is 20.0 Å². The summed E-state index contributed by atoms with van der Waals surface area (Å²) in [5.41, 5.74) is 0.359. The Morgan fingerprint density at radius 2 is 1.83 bits per heavy atom. The fraction of sp³-hybridized carbons (Fsp3) is 0.118. The molecule has 7 nitrogen and oxygen atoms in total. The van der Waals surface area contributed by atoms with Crippen molar-refractivity contribution in [3.05, 3.63) is 63.7 Å². The van der Waals surface area contributed by atoms with E-state index in [1.54, 1.807) is 12.1 Å². The van der Waals surface area contributed by atoms with Gasteiger partial charge in [-0.2, -0.15) is 0 Å². The molecule has 1 N–H and O–H groups in total. The number of carbonyl (C=O) groups is 1. The summed E-state index contributed by atoms with van der Waals surface area (Å²) in [4.78, 5) is 22.4. The van der Waals surface area contributed by atoms with E-state index in [-0.39, 0.29) is 22.8 Å². The Kier molecular flexibility index (Phi) is 5.16. The second-order valence-corrected chi connectivity index (χ2v) is 4.77. The van der Waals surface area contributed by atoms with Crippen LogP contribution in [0.15, 0.2) is 42.5 Å². The third-order valence-corrected chi connectivity index (χ3v) is 3.30. The van der Waals surface area contributed by atoms with Gasteiger partial charge in [0.2, 0.25) is 0 Å². The average molecular weight is 329 g/mol. The zero-order valence-electron chi connectivity index (χ0n) is 13.1. The number of nitro benzene ring substituents is 1. The number of carbonyl (C=O) groups excluding carboxylic acids is 1. The summed E-state index contributed by atoms with van der Waals surface area (Å²) < 4.78 is 10.2. The zero-order valence-corrected chi connectivity index (χ0v) is 13.1. The molecule has 2 aromatic rings. The summed E-state index contributed by atoms with van der Waals surface area (Å²) in [6, 6.07) is 8.28. The van der Waals surface area contributed by atoms with Gasteiger partial charge in [0.1, 0.15) is 5.75 Å². The van der Waals surface area contributed by atoms with Crippen LogP contribution in [0.5, 0.6) is 17.2 Å². The third-order valence-electron chi connectivity index (χ3n) is 3.30. The van der Waals surface area contributed by atoms with Crippen molar-refractivity contribution in [1.82, 2.24) is 0 Å². The number of hydrogen-bond donors (Lipinski definition) is 1. The van der Waals surface area contributed by atoms with Gasteiger partial charge in [-0.1, -0.05) is 0 Å². The maximum absolute atomic E-state index is 12.2. The lowest BCUT2D eigenvalue weighted by Crippen LogP contribution is -1.97. The predicted molar refractivity (Wildman–Crippen MR) is 87.7 cm³/mol. The molecule has 0 radical (unpaired) electrons. The minimum atomic E-state index is -0.576. The predicted octanol–water partition coefficient (Wildman–Crippen LogP) is 3.21. The molecule has 7 heteroatoms. The van der Waals surface area contributed by atoms with Crippen molar-refractivity contribution < 1.29 is 24.3 Å². The van der Waals surface area contributed by atoms with Crippen molar-refractivity contribution in [3.8, 4) is 17.2 Å². The summed E-state index contributed by atoms with van der Waals surface area (Å²) in [5, 5.41) is 20.5. The summed E-state index contributed by atoms with van der Waals surface area (Å²) in [6.45, 7) is 0. The molecule has 0 saturated carbocycles. The van der Waals surface area contributed by atoms with Crippen LogP contribution in [0.4, 0.5) is 5.69 Å². The molecule has 0 bridgehead atoms. The number of allylic oxidation sites excluding steroid dienone is 1. The molecule has 0 heterocycles. The maximum Gasteiger partial charge on any atom is 0.270 e. The number of nitrogens with zero attached hydrogens (tertiary/aromatic N) is 1. The van der Waals surface area contributed by atoms with Gasteiger partial charge in [0, 0.05) is 23.3 Å². The number of ether oxygens (including phenoxy) is 2. The Bertz CT molecular complexity index is 813. The number of non-ortho nitro benzene ring substituents is 1. The van der Waals surface area contributed by atoms with Gasteiger partial charge < -0.3 is 14.6 Å². The van der Waals surface area contributed by atoms with Crippen molar-refractivity contribution in [2.45, 2.75) is 0 Å². The van der Waals surface area contributed by atoms with Crippen LogP contribution in [0.25, 0.3) is 6.08 Å². The number of benzene rings is 2. The molecule has 0 saturated heterocycles. The Morgan fingerprint density at radius 1 is 1.12 bits per heavy atom. The van der Waals surface area contributed by atoms with Crippen LogP contribution in [-0.2, 0) is 0 Å². The zero-order chi connectivity index (χ0) is 17.7. The molecular formula is C17H15NO6. The second kappa shape index (κ2) is 7.28. The third kappa shape index (κ3) is 3.70. The van der Waals surface area contributed by atoms with Gasteiger partial charge in [-0.3, -0.25) is 14.9 Å². The first-order chi connectivity index (χ1) is 11.5. The Balaban J connectivity index is 2.28. The van der Waals surface area contributed by atoms with Crippen LogP contribution in [-0.4, -0.2) is 30.0 Å². The Labute approximate surface area is 137 Å². The smallest absolute Gasteiger partial charge is 0.270 e. The summed E-state index contributed by atoms with van der Waals surface area (Å²) in [6.07, 6.45) is 2.54. The molecule has 0 aromatic heterocycles. The molecule has 124 valence electrons. The highest BCUT2D eigenvalue weighted by Crippen LogP contribution is 2.28. The Morgan fingerprint density at radius 3 is 2.46 bits per heavy atom. The van der Waals surface area contributed by atoms with E-state index < -0.39 is 4.92 Å². The fourth-order valence-corrected chi connectivity index (χ4v) is 2.04. The highest BCUT2D eigenvalue weighted by atomic mass is 16.6. The number of ketones is 1. The largest absolute Gasteiger partial charge is 0.507 e. The number of phenols is 1. The molecule has 0 spiro atoms. The number of rotatable bonds is 6. The normalized spacial score (nSPS) is 10.6. The minimum Gasteiger partial charge on any atom is -0.507 e. The van der Waals surface area contributed by atoms with E-state index in [1.807, 2.05) is 0 Å². The quantitative estimate of drug-likeness (QED) is 0.378.